The van der Waals surface area contributed by atoms with Gasteiger partial charge in [0, 0.05) is 4.70 Å². The second kappa shape index (κ2) is 6.69. The fourth-order valence-corrected chi connectivity index (χ4v) is 6.59. The Morgan fingerprint density at radius 1 is 0.964 bits per heavy atom. The summed E-state index contributed by atoms with van der Waals surface area (Å²) in [6.07, 6.45) is 0. The number of fused-ring (bicyclic) bond motifs is 3. The molecule has 2 aromatic heterocycles. The molecule has 0 fully saturated rings. The predicted molar refractivity (Wildman–Crippen MR) is 122 cm³/mol. The summed E-state index contributed by atoms with van der Waals surface area (Å²) < 4.78 is 22.7. The van der Waals surface area contributed by atoms with Gasteiger partial charge in [0.25, 0.3) is 0 Å². The fraction of sp³-hybridized carbons (Fsp3) is 0. The molecule has 28 heavy (non-hydrogen) atoms. The maximum atomic E-state index is 14.8. The summed E-state index contributed by atoms with van der Waals surface area (Å²) in [5.41, 5.74) is 0. The number of carbonyl (C=O) groups is 1. The van der Waals surface area contributed by atoms with Crippen LogP contribution < -0.4 is 9.51 Å². The summed E-state index contributed by atoms with van der Waals surface area (Å²) in [5, 5.41) is 4.75. The first kappa shape index (κ1) is 17.9. The number of carbonyl (C=O) groups excluding carboxylic acids is 1. The lowest BCUT2D eigenvalue weighted by Crippen LogP contribution is -2.08. The minimum atomic E-state index is -0.671. The number of hydrogen-bond acceptors (Lipinski definition) is 4. The number of hydrogen-bond donors (Lipinski definition) is 0. The van der Waals surface area contributed by atoms with Crippen molar-refractivity contribution in [1.29, 1.82) is 0 Å². The van der Waals surface area contributed by atoms with Gasteiger partial charge in [-0.2, -0.15) is 0 Å². The smallest absolute Gasteiger partial charge is 0.356 e. The Labute approximate surface area is 177 Å². The highest BCUT2D eigenvalue weighted by molar-refractivity contribution is 9.11. The second-order valence-corrected chi connectivity index (χ2v) is 10.0. The quantitative estimate of drug-likeness (QED) is 0.145. The van der Waals surface area contributed by atoms with Gasteiger partial charge in [0.15, 0.2) is 13.7 Å². The van der Waals surface area contributed by atoms with E-state index in [1.54, 1.807) is 6.07 Å². The summed E-state index contributed by atoms with van der Waals surface area (Å²) >= 11 is 5.98. The van der Waals surface area contributed by atoms with Crippen molar-refractivity contribution in [2.45, 2.75) is 0 Å². The highest BCUT2D eigenvalue weighted by Crippen LogP contribution is 2.38. The first-order valence-corrected chi connectivity index (χ1v) is 11.0. The van der Waals surface area contributed by atoms with E-state index in [9.17, 15) is 9.18 Å². The summed E-state index contributed by atoms with van der Waals surface area (Å²) in [6, 6.07) is 17.7. The van der Waals surface area contributed by atoms with Gasteiger partial charge in [-0.3, -0.25) is 0 Å². The van der Waals surface area contributed by atoms with Crippen molar-refractivity contribution in [2.24, 2.45) is 0 Å². The third-order valence-corrected chi connectivity index (χ3v) is 7.85. The third-order valence-electron chi connectivity index (χ3n) is 4.68. The van der Waals surface area contributed by atoms with Gasteiger partial charge in [-0.05, 0) is 66.5 Å². The van der Waals surface area contributed by atoms with Crippen LogP contribution >= 0.6 is 38.6 Å². The van der Waals surface area contributed by atoms with Gasteiger partial charge >= 0.3 is 5.97 Å². The number of rotatable bonds is 2. The Kier molecular flexibility index (Phi) is 4.27. The van der Waals surface area contributed by atoms with Crippen molar-refractivity contribution in [3.8, 4) is 5.75 Å². The van der Waals surface area contributed by atoms with Gasteiger partial charge in [0.2, 0.25) is 0 Å². The van der Waals surface area contributed by atoms with E-state index in [2.05, 4.69) is 34.1 Å². The van der Waals surface area contributed by atoms with Crippen LogP contribution in [0.5, 0.6) is 5.75 Å². The van der Waals surface area contributed by atoms with Crippen LogP contribution in [0.3, 0.4) is 0 Å². The summed E-state index contributed by atoms with van der Waals surface area (Å²) in [5.74, 6) is -0.790. The molecule has 0 saturated heterocycles. The van der Waals surface area contributed by atoms with Crippen molar-refractivity contribution in [1.82, 2.24) is 0 Å². The molecular formula is C21H11BBrFO2S2. The van der Waals surface area contributed by atoms with Crippen LogP contribution in [0.2, 0.25) is 0 Å². The number of ether oxygens (including phenoxy) is 1. The second-order valence-electron chi connectivity index (χ2n) is 6.48. The Morgan fingerprint density at radius 2 is 1.64 bits per heavy atom. The monoisotopic (exact) mass is 468 g/mol. The van der Waals surface area contributed by atoms with Crippen molar-refractivity contribution >= 4 is 88.8 Å². The lowest BCUT2D eigenvalue weighted by atomic mass is 10.0. The maximum absolute atomic E-state index is 14.8. The number of esters is 1. The summed E-state index contributed by atoms with van der Waals surface area (Å²) in [4.78, 5) is 12.6. The van der Waals surface area contributed by atoms with E-state index >= 15 is 0 Å². The molecule has 0 amide bonds. The van der Waals surface area contributed by atoms with Gasteiger partial charge < -0.3 is 4.74 Å². The molecule has 3 aromatic carbocycles. The van der Waals surface area contributed by atoms with E-state index in [0.717, 1.165) is 42.4 Å². The van der Waals surface area contributed by atoms with E-state index < -0.39 is 11.8 Å². The molecule has 0 spiro atoms. The van der Waals surface area contributed by atoms with E-state index in [4.69, 9.17) is 4.74 Å². The third kappa shape index (κ3) is 2.85. The zero-order chi connectivity index (χ0) is 19.4. The first-order valence-electron chi connectivity index (χ1n) is 8.53. The van der Waals surface area contributed by atoms with Gasteiger partial charge in [0.1, 0.15) is 10.6 Å². The van der Waals surface area contributed by atoms with E-state index in [0.29, 0.717) is 14.9 Å². The predicted octanol–water partition coefficient (Wildman–Crippen LogP) is 5.65. The van der Waals surface area contributed by atoms with Crippen LogP contribution in [0.4, 0.5) is 4.39 Å². The normalized spacial score (nSPS) is 11.5. The van der Waals surface area contributed by atoms with Crippen LogP contribution in [-0.4, -0.2) is 13.8 Å². The maximum Gasteiger partial charge on any atom is 0.356 e. The summed E-state index contributed by atoms with van der Waals surface area (Å²) in [6.45, 7) is 0. The SMILES string of the molecule is Bc1sc(Br)c2c(F)c(C(=O)Oc3ccc4cc5ccccc5cc4c3)sc12. The molecule has 2 heterocycles. The minimum Gasteiger partial charge on any atom is -0.422 e. The standard InChI is InChI=1S/C21H11BBrFO2S2/c22-19-17-15(20(23)28-19)16(24)18(27-17)21(25)26-14-6-5-12-7-10-3-1-2-4-11(10)8-13(12)9-14/h1-9H,22H2. The molecule has 0 aliphatic heterocycles. The lowest BCUT2D eigenvalue weighted by Gasteiger charge is -2.06. The molecule has 7 heteroatoms. The van der Waals surface area contributed by atoms with Gasteiger partial charge in [-0.25, -0.2) is 9.18 Å². The zero-order valence-corrected chi connectivity index (χ0v) is 17.8. The molecular weight excluding hydrogens is 458 g/mol. The average Bonchev–Trinajstić information content (AvgIpc) is 3.17. The van der Waals surface area contributed by atoms with Crippen LogP contribution in [0.1, 0.15) is 9.67 Å². The molecule has 0 saturated carbocycles. The van der Waals surface area contributed by atoms with Crippen LogP contribution in [0, 0.1) is 5.82 Å². The Morgan fingerprint density at radius 3 is 2.36 bits per heavy atom. The molecule has 0 unspecified atom stereocenters. The van der Waals surface area contributed by atoms with Crippen molar-refractivity contribution in [3.05, 3.63) is 69.1 Å². The molecule has 0 bridgehead atoms. The molecule has 2 nitrogen and oxygen atoms in total. The van der Waals surface area contributed by atoms with Gasteiger partial charge in [0.05, 0.1) is 9.17 Å². The van der Waals surface area contributed by atoms with Gasteiger partial charge in [-0.1, -0.05) is 30.3 Å². The largest absolute Gasteiger partial charge is 0.422 e. The highest BCUT2D eigenvalue weighted by atomic mass is 79.9. The minimum absolute atomic E-state index is 0.000193. The molecule has 0 aliphatic rings. The van der Waals surface area contributed by atoms with Crippen molar-refractivity contribution < 1.29 is 13.9 Å². The molecule has 5 aromatic rings. The van der Waals surface area contributed by atoms with E-state index in [1.165, 1.54) is 11.3 Å². The highest BCUT2D eigenvalue weighted by Gasteiger charge is 2.24. The van der Waals surface area contributed by atoms with Crippen LogP contribution in [-0.2, 0) is 0 Å². The molecule has 0 atom stereocenters. The van der Waals surface area contributed by atoms with E-state index in [-0.39, 0.29) is 4.88 Å². The lowest BCUT2D eigenvalue weighted by molar-refractivity contribution is 0.0736. The molecule has 0 radical (unpaired) electrons. The average molecular weight is 469 g/mol. The Hall–Kier alpha value is -2.22. The fourth-order valence-electron chi connectivity index (χ4n) is 3.33. The summed E-state index contributed by atoms with van der Waals surface area (Å²) in [7, 11) is 1.91. The zero-order valence-electron chi connectivity index (χ0n) is 14.6. The molecule has 136 valence electrons. The molecule has 5 rings (SSSR count). The number of thiophene rings is 2. The molecule has 0 aliphatic carbocycles. The van der Waals surface area contributed by atoms with E-state index in [1.807, 2.05) is 38.2 Å². The molecule has 0 N–H and O–H groups in total. The Balaban J connectivity index is 1.52. The number of benzene rings is 3. The van der Waals surface area contributed by atoms with Crippen molar-refractivity contribution in [2.75, 3.05) is 0 Å². The van der Waals surface area contributed by atoms with Gasteiger partial charge in [-0.15, -0.1) is 22.7 Å². The first-order chi connectivity index (χ1) is 13.5. The Bertz CT molecular complexity index is 1410. The van der Waals surface area contributed by atoms with Crippen molar-refractivity contribution in [3.63, 3.8) is 0 Å². The van der Waals surface area contributed by atoms with Crippen LogP contribution in [0.25, 0.3) is 31.6 Å². The van der Waals surface area contributed by atoms with Crippen LogP contribution in [0.15, 0.2) is 58.4 Å². The number of halogens is 2. The topological polar surface area (TPSA) is 26.3 Å².